The fraction of sp³-hybridized carbons (Fsp3) is 0.500. The number of hydrogen-bond donors (Lipinski definition) is 1. The summed E-state index contributed by atoms with van der Waals surface area (Å²) in [4.78, 5) is 12.1. The number of hydrogen-bond acceptors (Lipinski definition) is 5. The van der Waals surface area contributed by atoms with Crippen molar-refractivity contribution < 1.29 is 22.3 Å². The number of sulfone groups is 1. The van der Waals surface area contributed by atoms with Crippen LogP contribution in [0.2, 0.25) is 0 Å². The molecule has 1 aromatic rings. The topological polar surface area (TPSA) is 86.5 Å². The molecule has 0 heterocycles. The van der Waals surface area contributed by atoms with E-state index >= 15 is 0 Å². The number of halogens is 1. The van der Waals surface area contributed by atoms with Crippen LogP contribution in [-0.2, 0) is 19.4 Å². The Morgan fingerprint density at radius 1 is 1.43 bits per heavy atom. The van der Waals surface area contributed by atoms with Crippen molar-refractivity contribution in [1.29, 1.82) is 0 Å². The van der Waals surface area contributed by atoms with E-state index in [1.807, 2.05) is 0 Å². The highest BCUT2D eigenvalue weighted by molar-refractivity contribution is 7.92. The molecule has 1 fully saturated rings. The molecule has 0 aliphatic heterocycles. The van der Waals surface area contributed by atoms with Crippen molar-refractivity contribution in [2.75, 3.05) is 12.4 Å². The second-order valence-corrected chi connectivity index (χ2v) is 7.47. The minimum absolute atomic E-state index is 0.104. The van der Waals surface area contributed by atoms with Gasteiger partial charge in [0.1, 0.15) is 11.4 Å². The standard InChI is InChI=1S/C14H18FNO4S/c1-3-20-13(17)14(16)11(12(14)21(18,19)4-2)9-6-5-7-10(15)8-9/h5-8,11-12H,3-4,16H2,1-2H3/t11-,12-,14-/m0/s1. The van der Waals surface area contributed by atoms with Gasteiger partial charge in [0, 0.05) is 11.7 Å². The predicted molar refractivity (Wildman–Crippen MR) is 75.9 cm³/mol. The van der Waals surface area contributed by atoms with Crippen LogP contribution < -0.4 is 5.73 Å². The largest absolute Gasteiger partial charge is 0.465 e. The number of esters is 1. The number of carbonyl (C=O) groups excluding carboxylic acids is 1. The summed E-state index contributed by atoms with van der Waals surface area (Å²) < 4.78 is 42.6. The number of ether oxygens (including phenoxy) is 1. The van der Waals surface area contributed by atoms with Crippen molar-refractivity contribution in [2.45, 2.75) is 30.6 Å². The van der Waals surface area contributed by atoms with E-state index in [-0.39, 0.29) is 12.4 Å². The van der Waals surface area contributed by atoms with Crippen LogP contribution in [0.4, 0.5) is 4.39 Å². The Morgan fingerprint density at radius 3 is 2.62 bits per heavy atom. The average Bonchev–Trinajstić information content (AvgIpc) is 3.08. The van der Waals surface area contributed by atoms with Crippen LogP contribution >= 0.6 is 0 Å². The minimum atomic E-state index is -3.55. The molecule has 3 atom stereocenters. The zero-order valence-electron chi connectivity index (χ0n) is 11.9. The van der Waals surface area contributed by atoms with Gasteiger partial charge in [0.25, 0.3) is 0 Å². The molecule has 0 amide bonds. The SMILES string of the molecule is CCOC(=O)[C@]1(N)[C@@H](c2cccc(F)c2)[C@@H]1S(=O)(=O)CC. The molecule has 7 heteroatoms. The van der Waals surface area contributed by atoms with Gasteiger partial charge in [0.2, 0.25) is 0 Å². The summed E-state index contributed by atoms with van der Waals surface area (Å²) in [6.45, 7) is 3.21. The monoisotopic (exact) mass is 315 g/mol. The van der Waals surface area contributed by atoms with Gasteiger partial charge in [-0.2, -0.15) is 0 Å². The van der Waals surface area contributed by atoms with Gasteiger partial charge < -0.3 is 10.5 Å². The van der Waals surface area contributed by atoms with Crippen LogP contribution in [-0.4, -0.2) is 37.5 Å². The Labute approximate surface area is 123 Å². The molecule has 1 aromatic carbocycles. The van der Waals surface area contributed by atoms with Gasteiger partial charge in [-0.1, -0.05) is 19.1 Å². The van der Waals surface area contributed by atoms with E-state index < -0.39 is 38.3 Å². The second-order valence-electron chi connectivity index (χ2n) is 5.06. The molecule has 0 aromatic heterocycles. The smallest absolute Gasteiger partial charge is 0.328 e. The van der Waals surface area contributed by atoms with E-state index in [0.717, 1.165) is 0 Å². The molecular weight excluding hydrogens is 297 g/mol. The maximum absolute atomic E-state index is 13.4. The molecule has 0 spiro atoms. The summed E-state index contributed by atoms with van der Waals surface area (Å²) in [7, 11) is -3.55. The zero-order chi connectivity index (χ0) is 15.8. The molecule has 0 saturated heterocycles. The van der Waals surface area contributed by atoms with Gasteiger partial charge in [0.15, 0.2) is 9.84 Å². The highest BCUT2D eigenvalue weighted by atomic mass is 32.2. The Kier molecular flexibility index (Phi) is 4.08. The lowest BCUT2D eigenvalue weighted by Crippen LogP contribution is -2.41. The van der Waals surface area contributed by atoms with Crippen LogP contribution in [0.15, 0.2) is 24.3 Å². The van der Waals surface area contributed by atoms with E-state index in [1.165, 1.54) is 25.1 Å². The van der Waals surface area contributed by atoms with Crippen LogP contribution in [0.3, 0.4) is 0 Å². The quantitative estimate of drug-likeness (QED) is 0.819. The van der Waals surface area contributed by atoms with Crippen molar-refractivity contribution in [3.05, 3.63) is 35.6 Å². The molecule has 0 radical (unpaired) electrons. The number of rotatable bonds is 5. The number of nitrogens with two attached hydrogens (primary N) is 1. The molecule has 1 aliphatic carbocycles. The maximum Gasteiger partial charge on any atom is 0.328 e. The summed E-state index contributed by atoms with van der Waals surface area (Å²) >= 11 is 0. The fourth-order valence-corrected chi connectivity index (χ4v) is 4.62. The van der Waals surface area contributed by atoms with E-state index in [4.69, 9.17) is 10.5 Å². The average molecular weight is 315 g/mol. The van der Waals surface area contributed by atoms with Crippen LogP contribution in [0.1, 0.15) is 25.3 Å². The van der Waals surface area contributed by atoms with Crippen LogP contribution in [0.5, 0.6) is 0 Å². The second kappa shape index (κ2) is 5.38. The Bertz CT molecular complexity index is 661. The maximum atomic E-state index is 13.4. The lowest BCUT2D eigenvalue weighted by molar-refractivity contribution is -0.145. The Morgan fingerprint density at radius 2 is 2.10 bits per heavy atom. The third kappa shape index (κ3) is 2.55. The Balaban J connectivity index is 2.45. The molecule has 116 valence electrons. The predicted octanol–water partition coefficient (Wildman–Crippen LogP) is 0.987. The molecular formula is C14H18FNO4S. The number of benzene rings is 1. The summed E-state index contributed by atoms with van der Waals surface area (Å²) in [6, 6.07) is 5.48. The van der Waals surface area contributed by atoms with E-state index in [0.29, 0.717) is 5.56 Å². The van der Waals surface area contributed by atoms with Crippen molar-refractivity contribution in [2.24, 2.45) is 5.73 Å². The van der Waals surface area contributed by atoms with Gasteiger partial charge in [-0.3, -0.25) is 0 Å². The first kappa shape index (κ1) is 15.9. The summed E-state index contributed by atoms with van der Waals surface area (Å²) in [5.41, 5.74) is 4.79. The molecule has 1 saturated carbocycles. The molecule has 2 rings (SSSR count). The van der Waals surface area contributed by atoms with Gasteiger partial charge in [-0.15, -0.1) is 0 Å². The normalized spacial score (nSPS) is 28.2. The third-order valence-electron chi connectivity index (χ3n) is 3.81. The van der Waals surface area contributed by atoms with Crippen molar-refractivity contribution in [3.8, 4) is 0 Å². The molecule has 5 nitrogen and oxygen atoms in total. The van der Waals surface area contributed by atoms with Gasteiger partial charge in [0.05, 0.1) is 11.9 Å². The lowest BCUT2D eigenvalue weighted by atomic mass is 10.1. The third-order valence-corrected chi connectivity index (χ3v) is 6.05. The zero-order valence-corrected chi connectivity index (χ0v) is 12.7. The first-order chi connectivity index (χ1) is 9.79. The Hall–Kier alpha value is -1.47. The highest BCUT2D eigenvalue weighted by Crippen LogP contribution is 2.55. The van der Waals surface area contributed by atoms with E-state index in [1.54, 1.807) is 13.0 Å². The molecule has 2 N–H and O–H groups in total. The molecule has 1 aliphatic rings. The van der Waals surface area contributed by atoms with Crippen molar-refractivity contribution >= 4 is 15.8 Å². The van der Waals surface area contributed by atoms with Gasteiger partial charge >= 0.3 is 5.97 Å². The van der Waals surface area contributed by atoms with E-state index in [2.05, 4.69) is 0 Å². The molecule has 0 bridgehead atoms. The van der Waals surface area contributed by atoms with Crippen LogP contribution in [0, 0.1) is 5.82 Å². The highest BCUT2D eigenvalue weighted by Gasteiger charge is 2.74. The fourth-order valence-electron chi connectivity index (χ4n) is 2.71. The van der Waals surface area contributed by atoms with Crippen LogP contribution in [0.25, 0.3) is 0 Å². The lowest BCUT2D eigenvalue weighted by Gasteiger charge is -2.10. The van der Waals surface area contributed by atoms with Crippen molar-refractivity contribution in [1.82, 2.24) is 0 Å². The molecule has 21 heavy (non-hydrogen) atoms. The van der Waals surface area contributed by atoms with Gasteiger partial charge in [-0.25, -0.2) is 17.6 Å². The van der Waals surface area contributed by atoms with Crippen molar-refractivity contribution in [3.63, 3.8) is 0 Å². The first-order valence-electron chi connectivity index (χ1n) is 6.72. The first-order valence-corrected chi connectivity index (χ1v) is 8.43. The summed E-state index contributed by atoms with van der Waals surface area (Å²) in [6.07, 6.45) is 0. The summed E-state index contributed by atoms with van der Waals surface area (Å²) in [5, 5.41) is -1.07. The minimum Gasteiger partial charge on any atom is -0.465 e. The number of carbonyl (C=O) groups is 1. The summed E-state index contributed by atoms with van der Waals surface area (Å²) in [5.74, 6) is -2.18. The van der Waals surface area contributed by atoms with E-state index in [9.17, 15) is 17.6 Å². The van der Waals surface area contributed by atoms with Gasteiger partial charge in [-0.05, 0) is 24.6 Å². The molecule has 0 unspecified atom stereocenters.